The highest BCUT2D eigenvalue weighted by Crippen LogP contribution is 2.31. The maximum absolute atomic E-state index is 13.8. The van der Waals surface area contributed by atoms with Crippen molar-refractivity contribution in [1.82, 2.24) is 4.98 Å². The summed E-state index contributed by atoms with van der Waals surface area (Å²) in [5, 5.41) is 5.46. The topological polar surface area (TPSA) is 24.9 Å². The van der Waals surface area contributed by atoms with Gasteiger partial charge in [0.15, 0.2) is 5.13 Å². The number of halogens is 2. The predicted octanol–water partition coefficient (Wildman–Crippen LogP) is 5.45. The number of hydrogen-bond acceptors (Lipinski definition) is 3. The largest absolute Gasteiger partial charge is 0.331 e. The number of aromatic nitrogens is 1. The number of thiazole rings is 1. The van der Waals surface area contributed by atoms with Crippen molar-refractivity contribution in [3.8, 4) is 11.3 Å². The number of nitrogens with one attached hydrogen (secondary N) is 1. The van der Waals surface area contributed by atoms with Gasteiger partial charge in [-0.25, -0.2) is 13.8 Å². The zero-order valence-corrected chi connectivity index (χ0v) is 13.0. The zero-order chi connectivity index (χ0) is 15.7. The van der Waals surface area contributed by atoms with Crippen LogP contribution in [0.5, 0.6) is 0 Å². The quantitative estimate of drug-likeness (QED) is 0.695. The van der Waals surface area contributed by atoms with E-state index in [1.54, 1.807) is 5.38 Å². The number of anilines is 2. The van der Waals surface area contributed by atoms with Gasteiger partial charge in [0, 0.05) is 11.1 Å². The molecule has 1 heterocycles. The van der Waals surface area contributed by atoms with E-state index >= 15 is 0 Å². The molecule has 0 aliphatic rings. The minimum Gasteiger partial charge on any atom is -0.331 e. The highest BCUT2D eigenvalue weighted by molar-refractivity contribution is 7.14. The Morgan fingerprint density at radius 1 is 1.05 bits per heavy atom. The zero-order valence-electron chi connectivity index (χ0n) is 12.2. The second-order valence-corrected chi connectivity index (χ2v) is 5.94. The Morgan fingerprint density at radius 3 is 2.50 bits per heavy atom. The van der Waals surface area contributed by atoms with Crippen LogP contribution >= 0.6 is 11.3 Å². The lowest BCUT2D eigenvalue weighted by Crippen LogP contribution is -1.94. The van der Waals surface area contributed by atoms with Gasteiger partial charge in [-0.1, -0.05) is 18.2 Å². The van der Waals surface area contributed by atoms with E-state index in [1.165, 1.54) is 29.5 Å². The smallest absolute Gasteiger partial charge is 0.187 e. The SMILES string of the molecule is Cc1ccc(C)c(Nc2nc(-c3c(F)cccc3F)cs2)c1. The van der Waals surface area contributed by atoms with E-state index in [0.29, 0.717) is 10.8 Å². The van der Waals surface area contributed by atoms with Crippen molar-refractivity contribution >= 4 is 22.2 Å². The molecule has 3 rings (SSSR count). The number of nitrogens with zero attached hydrogens (tertiary/aromatic N) is 1. The van der Waals surface area contributed by atoms with Crippen molar-refractivity contribution < 1.29 is 8.78 Å². The van der Waals surface area contributed by atoms with Gasteiger partial charge in [-0.15, -0.1) is 11.3 Å². The molecule has 0 unspecified atom stereocenters. The molecule has 1 aromatic heterocycles. The Labute approximate surface area is 131 Å². The molecule has 2 nitrogen and oxygen atoms in total. The number of benzene rings is 2. The molecular formula is C17H14F2N2S. The molecule has 0 fully saturated rings. The van der Waals surface area contributed by atoms with E-state index in [0.717, 1.165) is 16.8 Å². The maximum Gasteiger partial charge on any atom is 0.187 e. The lowest BCUT2D eigenvalue weighted by Gasteiger charge is -2.07. The van der Waals surface area contributed by atoms with Crippen LogP contribution in [0.25, 0.3) is 11.3 Å². The molecule has 0 saturated heterocycles. The summed E-state index contributed by atoms with van der Waals surface area (Å²) in [5.74, 6) is -1.22. The third-order valence-electron chi connectivity index (χ3n) is 3.36. The average Bonchev–Trinajstić information content (AvgIpc) is 2.91. The number of aryl methyl sites for hydroxylation is 2. The first-order valence-corrected chi connectivity index (χ1v) is 7.67. The first-order chi connectivity index (χ1) is 10.5. The summed E-state index contributed by atoms with van der Waals surface area (Å²) < 4.78 is 27.6. The molecule has 0 aliphatic heterocycles. The standard InChI is InChI=1S/C17H14F2N2S/c1-10-6-7-11(2)14(8-10)20-17-21-15(9-22-17)16-12(18)4-3-5-13(16)19/h3-9H,1-2H3,(H,20,21). The van der Waals surface area contributed by atoms with Gasteiger partial charge in [0.1, 0.15) is 11.6 Å². The normalized spacial score (nSPS) is 10.7. The third kappa shape index (κ3) is 2.85. The summed E-state index contributed by atoms with van der Waals surface area (Å²) in [6.45, 7) is 4.00. The van der Waals surface area contributed by atoms with Gasteiger partial charge in [0.05, 0.1) is 11.3 Å². The Hall–Kier alpha value is -2.27. The lowest BCUT2D eigenvalue weighted by molar-refractivity contribution is 0.589. The molecule has 0 radical (unpaired) electrons. The van der Waals surface area contributed by atoms with Crippen molar-refractivity contribution in [2.75, 3.05) is 5.32 Å². The first kappa shape index (κ1) is 14.7. The molecule has 0 atom stereocenters. The van der Waals surface area contributed by atoms with Gasteiger partial charge in [-0.05, 0) is 43.2 Å². The highest BCUT2D eigenvalue weighted by Gasteiger charge is 2.14. The Balaban J connectivity index is 1.93. The fraction of sp³-hybridized carbons (Fsp3) is 0.118. The summed E-state index contributed by atoms with van der Waals surface area (Å²) in [5.41, 5.74) is 3.36. The van der Waals surface area contributed by atoms with E-state index in [-0.39, 0.29) is 5.56 Å². The van der Waals surface area contributed by atoms with Crippen LogP contribution in [0, 0.1) is 25.5 Å². The summed E-state index contributed by atoms with van der Waals surface area (Å²) in [6.07, 6.45) is 0. The van der Waals surface area contributed by atoms with Crippen molar-refractivity contribution in [2.24, 2.45) is 0 Å². The van der Waals surface area contributed by atoms with Crippen molar-refractivity contribution in [3.63, 3.8) is 0 Å². The maximum atomic E-state index is 13.8. The molecule has 0 spiro atoms. The van der Waals surface area contributed by atoms with Crippen LogP contribution in [0.2, 0.25) is 0 Å². The first-order valence-electron chi connectivity index (χ1n) is 6.79. The van der Waals surface area contributed by atoms with Gasteiger partial charge in [-0.2, -0.15) is 0 Å². The van der Waals surface area contributed by atoms with Gasteiger partial charge < -0.3 is 5.32 Å². The van der Waals surface area contributed by atoms with Crippen molar-refractivity contribution in [1.29, 1.82) is 0 Å². The average molecular weight is 316 g/mol. The molecule has 2 aromatic carbocycles. The number of hydrogen-bond donors (Lipinski definition) is 1. The predicted molar refractivity (Wildman–Crippen MR) is 86.7 cm³/mol. The van der Waals surface area contributed by atoms with Gasteiger partial charge >= 0.3 is 0 Å². The third-order valence-corrected chi connectivity index (χ3v) is 4.12. The molecule has 0 saturated carbocycles. The highest BCUT2D eigenvalue weighted by atomic mass is 32.1. The van der Waals surface area contributed by atoms with Crippen LogP contribution in [-0.2, 0) is 0 Å². The second kappa shape index (κ2) is 5.85. The fourth-order valence-electron chi connectivity index (χ4n) is 2.17. The summed E-state index contributed by atoms with van der Waals surface area (Å²) in [7, 11) is 0. The number of rotatable bonds is 3. The van der Waals surface area contributed by atoms with E-state index in [1.807, 2.05) is 32.0 Å². The van der Waals surface area contributed by atoms with Crippen LogP contribution in [0.1, 0.15) is 11.1 Å². The van der Waals surface area contributed by atoms with Crippen LogP contribution in [-0.4, -0.2) is 4.98 Å². The van der Waals surface area contributed by atoms with E-state index < -0.39 is 11.6 Å². The van der Waals surface area contributed by atoms with Gasteiger partial charge in [0.2, 0.25) is 0 Å². The van der Waals surface area contributed by atoms with E-state index in [2.05, 4.69) is 10.3 Å². The van der Waals surface area contributed by atoms with Crippen LogP contribution in [0.15, 0.2) is 41.8 Å². The van der Waals surface area contributed by atoms with Crippen LogP contribution < -0.4 is 5.32 Å². The molecule has 3 aromatic rings. The second-order valence-electron chi connectivity index (χ2n) is 5.08. The monoisotopic (exact) mass is 316 g/mol. The minimum absolute atomic E-state index is 0.0900. The molecule has 0 aliphatic carbocycles. The fourth-order valence-corrected chi connectivity index (χ4v) is 2.89. The molecule has 1 N–H and O–H groups in total. The van der Waals surface area contributed by atoms with E-state index in [9.17, 15) is 8.78 Å². The van der Waals surface area contributed by atoms with E-state index in [4.69, 9.17) is 0 Å². The van der Waals surface area contributed by atoms with Gasteiger partial charge in [0.25, 0.3) is 0 Å². The van der Waals surface area contributed by atoms with Crippen LogP contribution in [0.4, 0.5) is 19.6 Å². The minimum atomic E-state index is -0.608. The molecule has 0 bridgehead atoms. The molecule has 22 heavy (non-hydrogen) atoms. The van der Waals surface area contributed by atoms with Crippen molar-refractivity contribution in [2.45, 2.75) is 13.8 Å². The Kier molecular flexibility index (Phi) is 3.90. The lowest BCUT2D eigenvalue weighted by atomic mass is 10.1. The molecule has 112 valence electrons. The molecule has 0 amide bonds. The van der Waals surface area contributed by atoms with Gasteiger partial charge in [-0.3, -0.25) is 0 Å². The Bertz CT molecular complexity index is 807. The summed E-state index contributed by atoms with van der Waals surface area (Å²) in [6, 6.07) is 9.87. The Morgan fingerprint density at radius 2 is 1.77 bits per heavy atom. The van der Waals surface area contributed by atoms with Crippen LogP contribution in [0.3, 0.4) is 0 Å². The molecule has 5 heteroatoms. The summed E-state index contributed by atoms with van der Waals surface area (Å²) >= 11 is 1.32. The summed E-state index contributed by atoms with van der Waals surface area (Å²) in [4.78, 5) is 4.30. The van der Waals surface area contributed by atoms with Crippen molar-refractivity contribution in [3.05, 3.63) is 64.5 Å². The molecular weight excluding hydrogens is 302 g/mol.